The lowest BCUT2D eigenvalue weighted by Crippen LogP contribution is -2.46. The molecule has 1 amide bonds. The van der Waals surface area contributed by atoms with Crippen molar-refractivity contribution in [2.75, 3.05) is 19.9 Å². The smallest absolute Gasteiger partial charge is 0.410 e. The third-order valence-corrected chi connectivity index (χ3v) is 4.55. The van der Waals surface area contributed by atoms with Gasteiger partial charge in [0.1, 0.15) is 17.0 Å². The summed E-state index contributed by atoms with van der Waals surface area (Å²) in [7, 11) is 0. The van der Waals surface area contributed by atoms with E-state index >= 15 is 0 Å². The average Bonchev–Trinajstić information content (AvgIpc) is 3.10. The van der Waals surface area contributed by atoms with Crippen LogP contribution in [0, 0.1) is 0 Å². The van der Waals surface area contributed by atoms with Gasteiger partial charge in [0.05, 0.1) is 18.5 Å². The van der Waals surface area contributed by atoms with E-state index in [2.05, 4.69) is 0 Å². The number of ether oxygens (including phenoxy) is 4. The molecule has 0 N–H and O–H groups in total. The normalized spacial score (nSPS) is 24.3. The van der Waals surface area contributed by atoms with E-state index in [0.717, 1.165) is 0 Å². The Morgan fingerprint density at radius 1 is 1.20 bits per heavy atom. The topological polar surface area (TPSA) is 74.3 Å². The Morgan fingerprint density at radius 3 is 2.64 bits per heavy atom. The van der Waals surface area contributed by atoms with Crippen LogP contribution < -0.4 is 14.2 Å². The largest absolute Gasteiger partial charge is 0.484 e. The van der Waals surface area contributed by atoms with E-state index in [9.17, 15) is 9.59 Å². The Labute approximate surface area is 145 Å². The van der Waals surface area contributed by atoms with Crippen LogP contribution in [0.2, 0.25) is 0 Å². The van der Waals surface area contributed by atoms with E-state index in [-0.39, 0.29) is 25.1 Å². The predicted molar refractivity (Wildman–Crippen MR) is 87.3 cm³/mol. The highest BCUT2D eigenvalue weighted by atomic mass is 16.7. The maximum Gasteiger partial charge on any atom is 0.410 e. The standard InChI is InChI=1S/C18H21NO6/c1-17(2,3)25-16(21)19-5-4-18(9-19)8-12(20)11-6-14-15(23-10-22-14)7-13(11)24-18/h6-7H,4-5,8-10H2,1-3H3. The van der Waals surface area contributed by atoms with Crippen LogP contribution in [-0.2, 0) is 4.74 Å². The van der Waals surface area contributed by atoms with Crippen LogP contribution in [0.15, 0.2) is 12.1 Å². The zero-order valence-corrected chi connectivity index (χ0v) is 14.6. The van der Waals surface area contributed by atoms with Crippen molar-refractivity contribution in [3.05, 3.63) is 17.7 Å². The Bertz CT molecular complexity index is 753. The van der Waals surface area contributed by atoms with Crippen LogP contribution in [0.4, 0.5) is 4.79 Å². The van der Waals surface area contributed by atoms with E-state index in [1.54, 1.807) is 17.0 Å². The molecule has 134 valence electrons. The molecule has 0 saturated carbocycles. The van der Waals surface area contributed by atoms with Crippen LogP contribution in [0.5, 0.6) is 17.2 Å². The molecule has 3 aliphatic rings. The summed E-state index contributed by atoms with van der Waals surface area (Å²) in [5.74, 6) is 1.62. The minimum atomic E-state index is -0.700. The van der Waals surface area contributed by atoms with Crippen LogP contribution in [0.25, 0.3) is 0 Å². The molecule has 1 aromatic rings. The van der Waals surface area contributed by atoms with Crippen LogP contribution in [-0.4, -0.2) is 47.9 Å². The summed E-state index contributed by atoms with van der Waals surface area (Å²) in [5.41, 5.74) is -0.750. The molecule has 7 heteroatoms. The summed E-state index contributed by atoms with van der Waals surface area (Å²) >= 11 is 0. The lowest BCUT2D eigenvalue weighted by atomic mass is 9.89. The summed E-state index contributed by atoms with van der Waals surface area (Å²) < 4.78 is 22.3. The molecule has 0 aliphatic carbocycles. The van der Waals surface area contributed by atoms with Crippen molar-refractivity contribution in [1.29, 1.82) is 0 Å². The number of carbonyl (C=O) groups excluding carboxylic acids is 2. The van der Waals surface area contributed by atoms with Gasteiger partial charge in [0.25, 0.3) is 0 Å². The van der Waals surface area contributed by atoms with Gasteiger partial charge in [-0.3, -0.25) is 4.79 Å². The van der Waals surface area contributed by atoms with Gasteiger partial charge in [-0.2, -0.15) is 0 Å². The molecule has 0 aromatic heterocycles. The SMILES string of the molecule is CC(C)(C)OC(=O)N1CCC2(CC(=O)c3cc4c(cc3O2)OCO4)C1. The van der Waals surface area contributed by atoms with Crippen LogP contribution >= 0.6 is 0 Å². The van der Waals surface area contributed by atoms with Gasteiger partial charge in [0, 0.05) is 19.0 Å². The Kier molecular flexibility index (Phi) is 3.39. The highest BCUT2D eigenvalue weighted by molar-refractivity contribution is 6.01. The first kappa shape index (κ1) is 16.1. The maximum atomic E-state index is 12.6. The highest BCUT2D eigenvalue weighted by Gasteiger charge is 2.48. The third-order valence-electron chi connectivity index (χ3n) is 4.55. The maximum absolute atomic E-state index is 12.6. The van der Waals surface area contributed by atoms with Crippen molar-refractivity contribution in [1.82, 2.24) is 4.90 Å². The first-order valence-corrected chi connectivity index (χ1v) is 8.39. The molecule has 1 unspecified atom stereocenters. The van der Waals surface area contributed by atoms with Gasteiger partial charge in [-0.05, 0) is 26.8 Å². The molecule has 25 heavy (non-hydrogen) atoms. The molecule has 1 saturated heterocycles. The minimum absolute atomic E-state index is 0.00871. The highest BCUT2D eigenvalue weighted by Crippen LogP contribution is 2.45. The molecule has 0 radical (unpaired) electrons. The number of amides is 1. The van der Waals surface area contributed by atoms with E-state index < -0.39 is 11.2 Å². The number of carbonyl (C=O) groups is 2. The quantitative estimate of drug-likeness (QED) is 0.718. The molecule has 3 aliphatic heterocycles. The number of likely N-dealkylation sites (tertiary alicyclic amines) is 1. The number of Topliss-reactive ketones (excluding diaryl/α,β-unsaturated/α-hetero) is 1. The van der Waals surface area contributed by atoms with Gasteiger partial charge >= 0.3 is 6.09 Å². The lowest BCUT2D eigenvalue weighted by molar-refractivity contribution is 0.0171. The molecule has 7 nitrogen and oxygen atoms in total. The number of nitrogens with zero attached hydrogens (tertiary/aromatic N) is 1. The number of fused-ring (bicyclic) bond motifs is 2. The zero-order valence-electron chi connectivity index (χ0n) is 14.6. The Morgan fingerprint density at radius 2 is 1.92 bits per heavy atom. The van der Waals surface area contributed by atoms with Gasteiger partial charge in [0.2, 0.25) is 6.79 Å². The van der Waals surface area contributed by atoms with Gasteiger partial charge in [0.15, 0.2) is 17.3 Å². The second-order valence-corrected chi connectivity index (χ2v) is 7.74. The zero-order chi connectivity index (χ0) is 17.8. The second-order valence-electron chi connectivity index (χ2n) is 7.74. The van der Waals surface area contributed by atoms with Crippen molar-refractivity contribution in [3.63, 3.8) is 0 Å². The minimum Gasteiger partial charge on any atom is -0.484 e. The van der Waals surface area contributed by atoms with Gasteiger partial charge in [-0.15, -0.1) is 0 Å². The summed E-state index contributed by atoms with van der Waals surface area (Å²) in [6.07, 6.45) is 0.446. The number of hydrogen-bond acceptors (Lipinski definition) is 6. The molecular formula is C18H21NO6. The lowest BCUT2D eigenvalue weighted by Gasteiger charge is -2.34. The molecule has 1 aromatic carbocycles. The molecule has 0 bridgehead atoms. The number of hydrogen-bond donors (Lipinski definition) is 0. The molecule has 1 spiro atoms. The summed E-state index contributed by atoms with van der Waals surface area (Å²) in [4.78, 5) is 26.5. The van der Waals surface area contributed by atoms with Crippen LogP contribution in [0.3, 0.4) is 0 Å². The summed E-state index contributed by atoms with van der Waals surface area (Å²) in [5, 5.41) is 0. The van der Waals surface area contributed by atoms with Gasteiger partial charge in [-0.25, -0.2) is 4.79 Å². The fourth-order valence-corrected chi connectivity index (χ4v) is 3.44. The van der Waals surface area contributed by atoms with E-state index in [1.165, 1.54) is 0 Å². The first-order valence-electron chi connectivity index (χ1n) is 8.39. The van der Waals surface area contributed by atoms with Gasteiger partial charge in [-0.1, -0.05) is 0 Å². The Hall–Kier alpha value is -2.44. The van der Waals surface area contributed by atoms with E-state index in [0.29, 0.717) is 42.3 Å². The number of ketones is 1. The molecule has 3 heterocycles. The Balaban J connectivity index is 1.55. The van der Waals surface area contributed by atoms with Crippen molar-refractivity contribution < 1.29 is 28.5 Å². The van der Waals surface area contributed by atoms with E-state index in [4.69, 9.17) is 18.9 Å². The number of rotatable bonds is 0. The molecular weight excluding hydrogens is 326 g/mol. The van der Waals surface area contributed by atoms with Crippen molar-refractivity contribution in [2.45, 2.75) is 44.8 Å². The number of benzene rings is 1. The van der Waals surface area contributed by atoms with Crippen molar-refractivity contribution in [2.24, 2.45) is 0 Å². The average molecular weight is 347 g/mol. The second kappa shape index (κ2) is 5.28. The third kappa shape index (κ3) is 2.88. The molecule has 4 rings (SSSR count). The monoisotopic (exact) mass is 347 g/mol. The summed E-state index contributed by atoms with van der Waals surface area (Å²) in [6, 6.07) is 3.38. The van der Waals surface area contributed by atoms with E-state index in [1.807, 2.05) is 20.8 Å². The van der Waals surface area contributed by atoms with Crippen molar-refractivity contribution >= 4 is 11.9 Å². The fraction of sp³-hybridized carbons (Fsp3) is 0.556. The van der Waals surface area contributed by atoms with Gasteiger partial charge < -0.3 is 23.8 Å². The summed E-state index contributed by atoms with van der Waals surface area (Å²) in [6.45, 7) is 6.47. The molecule has 1 fully saturated rings. The van der Waals surface area contributed by atoms with Crippen molar-refractivity contribution in [3.8, 4) is 17.2 Å². The van der Waals surface area contributed by atoms with Crippen LogP contribution in [0.1, 0.15) is 44.0 Å². The molecule has 1 atom stereocenters. The predicted octanol–water partition coefficient (Wildman–Crippen LogP) is 2.76. The first-order chi connectivity index (χ1) is 11.7. The fourth-order valence-electron chi connectivity index (χ4n) is 3.44.